The van der Waals surface area contributed by atoms with Gasteiger partial charge < -0.3 is 15.4 Å². The minimum Gasteiger partial charge on any atom is -0.457 e. The van der Waals surface area contributed by atoms with Gasteiger partial charge in [0.05, 0.1) is 11.7 Å². The maximum absolute atomic E-state index is 6.06. The second-order valence-electron chi connectivity index (χ2n) is 7.69. The van der Waals surface area contributed by atoms with Gasteiger partial charge in [0.25, 0.3) is 0 Å². The van der Waals surface area contributed by atoms with Gasteiger partial charge in [-0.1, -0.05) is 16.8 Å². The van der Waals surface area contributed by atoms with Crippen LogP contribution in [0.2, 0.25) is 10.3 Å². The average molecular weight is 486 g/mol. The fourth-order valence-corrected chi connectivity index (χ4v) is 3.58. The number of benzene rings is 1. The number of aromatic nitrogens is 7. The molecule has 0 aliphatic heterocycles. The number of fused-ring (bicyclic) bond motifs is 1. The number of hydrogen-bond acceptors (Lipinski definition) is 9. The fraction of sp³-hybridized carbons (Fsp3) is 0.333. The molecule has 10 nitrogen and oxygen atoms in total. The summed E-state index contributed by atoms with van der Waals surface area (Å²) in [7, 11) is 0. The first kappa shape index (κ1) is 21.6. The molecular weight excluding hydrogens is 465 g/mol. The van der Waals surface area contributed by atoms with Crippen LogP contribution >= 0.6 is 23.2 Å². The molecule has 0 radical (unpaired) electrons. The van der Waals surface area contributed by atoms with E-state index in [1.54, 1.807) is 10.9 Å². The number of nitrogens with zero attached hydrogens (tertiary/aromatic N) is 7. The molecule has 0 spiro atoms. The molecule has 3 aromatic heterocycles. The van der Waals surface area contributed by atoms with Gasteiger partial charge in [0.1, 0.15) is 12.3 Å². The quantitative estimate of drug-likeness (QED) is 0.321. The van der Waals surface area contributed by atoms with Crippen molar-refractivity contribution in [2.24, 2.45) is 0 Å². The van der Waals surface area contributed by atoms with Crippen molar-refractivity contribution in [1.82, 2.24) is 34.9 Å². The average Bonchev–Trinajstić information content (AvgIpc) is 3.49. The summed E-state index contributed by atoms with van der Waals surface area (Å²) in [4.78, 5) is 16.7. The summed E-state index contributed by atoms with van der Waals surface area (Å²) in [5.41, 5.74) is 2.56. The molecule has 1 aromatic carbocycles. The normalized spacial score (nSPS) is 13.3. The van der Waals surface area contributed by atoms with Crippen molar-refractivity contribution in [2.75, 3.05) is 17.2 Å². The SMILES string of the molecule is Clc1ccc2c(NCCCn3cc(COc4nc(Cl)nc(NC5CC5)n4)nn3)ccnc2c1. The van der Waals surface area contributed by atoms with Crippen LogP contribution in [0.4, 0.5) is 11.6 Å². The lowest BCUT2D eigenvalue weighted by Gasteiger charge is -2.09. The zero-order valence-electron chi connectivity index (χ0n) is 17.6. The van der Waals surface area contributed by atoms with Gasteiger partial charge in [0.2, 0.25) is 11.2 Å². The topological polar surface area (TPSA) is 116 Å². The van der Waals surface area contributed by atoms with Crippen molar-refractivity contribution in [2.45, 2.75) is 38.5 Å². The van der Waals surface area contributed by atoms with Gasteiger partial charge in [-0.2, -0.15) is 15.0 Å². The summed E-state index contributed by atoms with van der Waals surface area (Å²) in [6.45, 7) is 1.67. The van der Waals surface area contributed by atoms with Gasteiger partial charge in [-0.3, -0.25) is 9.67 Å². The predicted octanol–water partition coefficient (Wildman–Crippen LogP) is 3.97. The number of halogens is 2. The van der Waals surface area contributed by atoms with Crippen LogP contribution in [-0.4, -0.2) is 47.5 Å². The highest BCUT2D eigenvalue weighted by Gasteiger charge is 2.22. The molecule has 33 heavy (non-hydrogen) atoms. The van der Waals surface area contributed by atoms with E-state index in [9.17, 15) is 0 Å². The Labute approximate surface area is 199 Å². The van der Waals surface area contributed by atoms with Gasteiger partial charge in [-0.25, -0.2) is 0 Å². The van der Waals surface area contributed by atoms with Gasteiger partial charge in [0, 0.05) is 41.4 Å². The molecule has 1 saturated carbocycles. The Hall–Kier alpha value is -3.24. The van der Waals surface area contributed by atoms with Crippen LogP contribution in [-0.2, 0) is 13.2 Å². The van der Waals surface area contributed by atoms with Crippen LogP contribution in [0.25, 0.3) is 10.9 Å². The summed E-state index contributed by atoms with van der Waals surface area (Å²) >= 11 is 12.0. The molecule has 3 heterocycles. The minimum atomic E-state index is 0.0874. The first-order valence-electron chi connectivity index (χ1n) is 10.6. The van der Waals surface area contributed by atoms with Crippen molar-refractivity contribution in [3.8, 4) is 6.01 Å². The monoisotopic (exact) mass is 485 g/mol. The van der Waals surface area contributed by atoms with E-state index in [-0.39, 0.29) is 17.9 Å². The molecule has 12 heteroatoms. The van der Waals surface area contributed by atoms with Gasteiger partial charge in [-0.15, -0.1) is 5.10 Å². The first-order chi connectivity index (χ1) is 16.1. The van der Waals surface area contributed by atoms with E-state index in [0.29, 0.717) is 29.3 Å². The number of nitrogens with one attached hydrogen (secondary N) is 2. The van der Waals surface area contributed by atoms with Crippen molar-refractivity contribution in [3.05, 3.63) is 52.7 Å². The van der Waals surface area contributed by atoms with Crippen LogP contribution in [0.15, 0.2) is 36.7 Å². The Morgan fingerprint density at radius 1 is 1.12 bits per heavy atom. The van der Waals surface area contributed by atoms with E-state index in [2.05, 4.69) is 40.9 Å². The third-order valence-electron chi connectivity index (χ3n) is 5.02. The number of rotatable bonds is 10. The van der Waals surface area contributed by atoms with Crippen LogP contribution in [0.3, 0.4) is 0 Å². The highest BCUT2D eigenvalue weighted by molar-refractivity contribution is 6.31. The van der Waals surface area contributed by atoms with Crippen molar-refractivity contribution < 1.29 is 4.74 Å². The van der Waals surface area contributed by atoms with E-state index in [1.165, 1.54) is 0 Å². The summed E-state index contributed by atoms with van der Waals surface area (Å²) < 4.78 is 7.41. The largest absolute Gasteiger partial charge is 0.457 e. The number of ether oxygens (including phenoxy) is 1. The van der Waals surface area contributed by atoms with Crippen LogP contribution in [0, 0.1) is 0 Å². The summed E-state index contributed by atoms with van der Waals surface area (Å²) in [6, 6.07) is 8.22. The van der Waals surface area contributed by atoms with E-state index in [4.69, 9.17) is 27.9 Å². The molecule has 5 rings (SSSR count). The van der Waals surface area contributed by atoms with Gasteiger partial charge in [-0.05, 0) is 55.1 Å². The van der Waals surface area contributed by atoms with Crippen LogP contribution in [0.5, 0.6) is 6.01 Å². The predicted molar refractivity (Wildman–Crippen MR) is 126 cm³/mol. The third kappa shape index (κ3) is 5.77. The summed E-state index contributed by atoms with van der Waals surface area (Å²) in [5.74, 6) is 0.425. The molecule has 1 aliphatic rings. The molecule has 4 aromatic rings. The first-order valence-corrected chi connectivity index (χ1v) is 11.4. The standard InChI is InChI=1S/C21H21Cl2N9O/c22-13-2-5-16-17(6-8-25-18(16)10-13)24-7-1-9-32-11-15(30-31-32)12-33-21-28-19(23)27-20(29-21)26-14-3-4-14/h2,5-6,8,10-11,14H,1,3-4,7,9,12H2,(H,24,25)(H,26,27,28,29). The molecule has 1 aliphatic carbocycles. The second kappa shape index (κ2) is 9.72. The molecule has 0 unspecified atom stereocenters. The zero-order valence-corrected chi connectivity index (χ0v) is 19.1. The fourth-order valence-electron chi connectivity index (χ4n) is 3.26. The molecule has 170 valence electrons. The smallest absolute Gasteiger partial charge is 0.322 e. The van der Waals surface area contributed by atoms with E-state index in [1.807, 2.05) is 30.5 Å². The van der Waals surface area contributed by atoms with E-state index < -0.39 is 0 Å². The molecular formula is C21H21Cl2N9O. The molecule has 0 amide bonds. The highest BCUT2D eigenvalue weighted by atomic mass is 35.5. The van der Waals surface area contributed by atoms with Gasteiger partial charge >= 0.3 is 6.01 Å². The lowest BCUT2D eigenvalue weighted by Crippen LogP contribution is -2.08. The highest BCUT2D eigenvalue weighted by Crippen LogP contribution is 2.25. The molecule has 0 bridgehead atoms. The number of hydrogen-bond donors (Lipinski definition) is 2. The maximum atomic E-state index is 6.06. The van der Waals surface area contributed by atoms with E-state index >= 15 is 0 Å². The number of anilines is 2. The second-order valence-corrected chi connectivity index (χ2v) is 8.47. The molecule has 0 atom stereocenters. The minimum absolute atomic E-state index is 0.0874. The Morgan fingerprint density at radius 2 is 2.03 bits per heavy atom. The van der Waals surface area contributed by atoms with Crippen molar-refractivity contribution in [3.63, 3.8) is 0 Å². The van der Waals surface area contributed by atoms with Crippen LogP contribution in [0.1, 0.15) is 25.0 Å². The summed E-state index contributed by atoms with van der Waals surface area (Å²) in [6.07, 6.45) is 6.68. The van der Waals surface area contributed by atoms with Crippen LogP contribution < -0.4 is 15.4 Å². The van der Waals surface area contributed by atoms with Gasteiger partial charge in [0.15, 0.2) is 0 Å². The third-order valence-corrected chi connectivity index (χ3v) is 5.42. The lowest BCUT2D eigenvalue weighted by atomic mass is 10.2. The molecule has 0 saturated heterocycles. The summed E-state index contributed by atoms with van der Waals surface area (Å²) in [5, 5.41) is 16.7. The zero-order chi connectivity index (χ0) is 22.6. The van der Waals surface area contributed by atoms with E-state index in [0.717, 1.165) is 42.4 Å². The Morgan fingerprint density at radius 3 is 2.91 bits per heavy atom. The Bertz CT molecular complexity index is 1260. The van der Waals surface area contributed by atoms with Crippen molar-refractivity contribution >= 4 is 45.7 Å². The van der Waals surface area contributed by atoms with Crippen molar-refractivity contribution in [1.29, 1.82) is 0 Å². The number of pyridine rings is 1. The molecule has 1 fully saturated rings. The Balaban J connectivity index is 1.10. The maximum Gasteiger partial charge on any atom is 0.322 e. The Kier molecular flexibility index (Phi) is 6.36. The number of aryl methyl sites for hydroxylation is 1. The lowest BCUT2D eigenvalue weighted by molar-refractivity contribution is 0.275. The molecule has 2 N–H and O–H groups in total.